The van der Waals surface area contributed by atoms with Crippen molar-refractivity contribution < 1.29 is 5.11 Å². The third-order valence-electron chi connectivity index (χ3n) is 5.10. The van der Waals surface area contributed by atoms with Crippen LogP contribution in [0, 0.1) is 11.3 Å². The first kappa shape index (κ1) is 16.4. The van der Waals surface area contributed by atoms with E-state index in [1.54, 1.807) is 4.68 Å². The number of benzene rings is 2. The Morgan fingerprint density at radius 1 is 1.00 bits per heavy atom. The zero-order chi connectivity index (χ0) is 19.1. The number of nitriles is 1. The van der Waals surface area contributed by atoms with Crippen molar-refractivity contribution in [1.29, 1.82) is 5.26 Å². The fourth-order valence-corrected chi connectivity index (χ4v) is 3.81. The second kappa shape index (κ2) is 6.12. The highest BCUT2D eigenvalue weighted by molar-refractivity contribution is 5.68. The molecule has 0 fully saturated rings. The van der Waals surface area contributed by atoms with Gasteiger partial charge in [-0.05, 0) is 29.8 Å². The molecule has 5 rings (SSSR count). The molecule has 0 amide bonds. The summed E-state index contributed by atoms with van der Waals surface area (Å²) in [5.41, 5.74) is 1.55. The topological polar surface area (TPSA) is 78.8 Å². The van der Waals surface area contributed by atoms with Gasteiger partial charge in [0, 0.05) is 11.9 Å². The molecule has 0 saturated heterocycles. The zero-order valence-corrected chi connectivity index (χ0v) is 14.9. The number of anilines is 2. The second-order valence-corrected chi connectivity index (χ2v) is 6.80. The van der Waals surface area contributed by atoms with E-state index in [1.165, 1.54) is 0 Å². The molecule has 3 heterocycles. The molecule has 6 nitrogen and oxygen atoms in total. The third kappa shape index (κ3) is 2.34. The van der Waals surface area contributed by atoms with E-state index in [2.05, 4.69) is 16.5 Å². The lowest BCUT2D eigenvalue weighted by molar-refractivity contribution is 0.0439. The smallest absolute Gasteiger partial charge is 0.172 e. The van der Waals surface area contributed by atoms with E-state index in [1.807, 2.05) is 83.6 Å². The lowest BCUT2D eigenvalue weighted by Crippen LogP contribution is -2.39. The summed E-state index contributed by atoms with van der Waals surface area (Å²) in [6.45, 7) is 0.224. The van der Waals surface area contributed by atoms with Gasteiger partial charge < -0.3 is 15.0 Å². The van der Waals surface area contributed by atoms with Gasteiger partial charge in [0.15, 0.2) is 11.6 Å². The molecule has 4 aromatic rings. The summed E-state index contributed by atoms with van der Waals surface area (Å²) in [5.74, 6) is 1.13. The Morgan fingerprint density at radius 3 is 2.43 bits per heavy atom. The maximum Gasteiger partial charge on any atom is 0.172 e. The van der Waals surface area contributed by atoms with Crippen molar-refractivity contribution in [3.63, 3.8) is 0 Å². The van der Waals surface area contributed by atoms with Crippen LogP contribution in [0.5, 0.6) is 0 Å². The normalized spacial score (nSPS) is 17.4. The number of hydrogen-bond acceptors (Lipinski definition) is 4. The molecule has 1 atom stereocenters. The average molecular weight is 367 g/mol. The third-order valence-corrected chi connectivity index (χ3v) is 5.10. The van der Waals surface area contributed by atoms with Gasteiger partial charge in [-0.1, -0.05) is 48.5 Å². The van der Waals surface area contributed by atoms with Crippen LogP contribution >= 0.6 is 0 Å². The Balaban J connectivity index is 1.67. The number of para-hydroxylation sites is 1. The van der Waals surface area contributed by atoms with E-state index in [-0.39, 0.29) is 6.54 Å². The zero-order valence-electron chi connectivity index (χ0n) is 14.9. The number of hydrogen-bond donors (Lipinski definition) is 2. The van der Waals surface area contributed by atoms with Gasteiger partial charge in [0.2, 0.25) is 0 Å². The van der Waals surface area contributed by atoms with Crippen molar-refractivity contribution in [2.75, 3.05) is 5.32 Å². The molecule has 0 bridgehead atoms. The minimum Gasteiger partial charge on any atom is -0.377 e. The van der Waals surface area contributed by atoms with E-state index >= 15 is 0 Å². The number of aliphatic hydroxyl groups is 1. The molecule has 1 unspecified atom stereocenters. The quantitative estimate of drug-likeness (QED) is 0.581. The Bertz CT molecular complexity index is 1190. The van der Waals surface area contributed by atoms with Crippen molar-refractivity contribution in [2.45, 2.75) is 12.1 Å². The first-order valence-electron chi connectivity index (χ1n) is 9.00. The number of aromatic nitrogens is 3. The largest absolute Gasteiger partial charge is 0.377 e. The minimum absolute atomic E-state index is 0.224. The lowest BCUT2D eigenvalue weighted by Gasteiger charge is -2.34. The van der Waals surface area contributed by atoms with Gasteiger partial charge in [-0.25, -0.2) is 4.68 Å². The van der Waals surface area contributed by atoms with Gasteiger partial charge in [0.25, 0.3) is 0 Å². The van der Waals surface area contributed by atoms with Gasteiger partial charge in [0.1, 0.15) is 17.2 Å². The SMILES string of the molecule is N#Cc1c(Nc2ccccc2)nn2c1-n1cccc1C(O)(c1ccccc1)C2. The van der Waals surface area contributed by atoms with Crippen LogP contribution in [0.1, 0.15) is 16.8 Å². The Labute approximate surface area is 161 Å². The van der Waals surface area contributed by atoms with Crippen molar-refractivity contribution in [1.82, 2.24) is 14.3 Å². The first-order chi connectivity index (χ1) is 13.7. The molecule has 6 heteroatoms. The fourth-order valence-electron chi connectivity index (χ4n) is 3.81. The van der Waals surface area contributed by atoms with E-state index in [9.17, 15) is 10.4 Å². The predicted molar refractivity (Wildman–Crippen MR) is 105 cm³/mol. The van der Waals surface area contributed by atoms with Crippen LogP contribution in [0.2, 0.25) is 0 Å². The van der Waals surface area contributed by atoms with Crippen molar-refractivity contribution in [3.05, 3.63) is 95.8 Å². The van der Waals surface area contributed by atoms with E-state index in [0.29, 0.717) is 22.9 Å². The Hall–Kier alpha value is -3.82. The van der Waals surface area contributed by atoms with E-state index in [4.69, 9.17) is 0 Å². The summed E-state index contributed by atoms with van der Waals surface area (Å²) in [4.78, 5) is 0. The predicted octanol–water partition coefficient (Wildman–Crippen LogP) is 3.54. The molecule has 0 spiro atoms. The van der Waals surface area contributed by atoms with Crippen LogP contribution in [-0.4, -0.2) is 19.5 Å². The molecule has 0 aliphatic carbocycles. The molecular formula is C22H17N5O. The van der Waals surface area contributed by atoms with E-state index in [0.717, 1.165) is 11.3 Å². The molecule has 2 N–H and O–H groups in total. The van der Waals surface area contributed by atoms with Gasteiger partial charge in [-0.2, -0.15) is 10.4 Å². The summed E-state index contributed by atoms with van der Waals surface area (Å²) in [5, 5.41) is 29.3. The summed E-state index contributed by atoms with van der Waals surface area (Å²) in [6, 6.07) is 25.2. The molecule has 0 radical (unpaired) electrons. The maximum atomic E-state index is 11.6. The first-order valence-corrected chi connectivity index (χ1v) is 9.00. The van der Waals surface area contributed by atoms with Crippen molar-refractivity contribution in [3.8, 4) is 11.9 Å². The molecule has 0 saturated carbocycles. The molecule has 1 aliphatic heterocycles. The number of fused-ring (bicyclic) bond motifs is 3. The molecule has 136 valence electrons. The number of nitrogens with one attached hydrogen (secondary N) is 1. The maximum absolute atomic E-state index is 11.6. The Morgan fingerprint density at radius 2 is 1.71 bits per heavy atom. The van der Waals surface area contributed by atoms with Gasteiger partial charge in [0.05, 0.1) is 12.2 Å². The summed E-state index contributed by atoms with van der Waals surface area (Å²) in [6.07, 6.45) is 1.85. The molecular weight excluding hydrogens is 350 g/mol. The number of nitrogens with zero attached hydrogens (tertiary/aromatic N) is 4. The highest BCUT2D eigenvalue weighted by Gasteiger charge is 2.41. The second-order valence-electron chi connectivity index (χ2n) is 6.80. The highest BCUT2D eigenvalue weighted by atomic mass is 16.3. The van der Waals surface area contributed by atoms with Crippen LogP contribution in [0.4, 0.5) is 11.5 Å². The summed E-state index contributed by atoms with van der Waals surface area (Å²) >= 11 is 0. The molecule has 1 aliphatic rings. The van der Waals surface area contributed by atoms with Gasteiger partial charge >= 0.3 is 0 Å². The minimum atomic E-state index is -1.24. The van der Waals surface area contributed by atoms with Gasteiger partial charge in [-0.15, -0.1) is 0 Å². The van der Waals surface area contributed by atoms with Crippen molar-refractivity contribution in [2.24, 2.45) is 0 Å². The van der Waals surface area contributed by atoms with Gasteiger partial charge in [-0.3, -0.25) is 0 Å². The molecule has 28 heavy (non-hydrogen) atoms. The summed E-state index contributed by atoms with van der Waals surface area (Å²) < 4.78 is 3.54. The van der Waals surface area contributed by atoms with Crippen molar-refractivity contribution >= 4 is 11.5 Å². The Kier molecular flexibility index (Phi) is 3.57. The summed E-state index contributed by atoms with van der Waals surface area (Å²) in [7, 11) is 0. The average Bonchev–Trinajstić information content (AvgIpc) is 3.34. The van der Waals surface area contributed by atoms with Crippen LogP contribution in [0.25, 0.3) is 5.82 Å². The van der Waals surface area contributed by atoms with Crippen LogP contribution in [-0.2, 0) is 12.1 Å². The monoisotopic (exact) mass is 367 g/mol. The van der Waals surface area contributed by atoms with Crippen LogP contribution in [0.15, 0.2) is 79.0 Å². The van der Waals surface area contributed by atoms with E-state index < -0.39 is 5.60 Å². The lowest BCUT2D eigenvalue weighted by atomic mass is 9.89. The number of rotatable bonds is 3. The van der Waals surface area contributed by atoms with Crippen LogP contribution < -0.4 is 5.32 Å². The molecule has 2 aromatic carbocycles. The standard InChI is InChI=1S/C22H17N5O/c23-14-18-20(24-17-10-5-2-6-11-17)25-27-15-22(28,16-8-3-1-4-9-16)19-12-7-13-26(19)21(18)27/h1-13,28H,15H2,(H,24,25). The fraction of sp³-hybridized carbons (Fsp3) is 0.0909. The van der Waals surface area contributed by atoms with Crippen LogP contribution in [0.3, 0.4) is 0 Å². The highest BCUT2D eigenvalue weighted by Crippen LogP contribution is 2.39. The molecule has 2 aromatic heterocycles.